The van der Waals surface area contributed by atoms with Crippen LogP contribution in [0.4, 0.5) is 22.0 Å². The van der Waals surface area contributed by atoms with E-state index < -0.39 is 30.9 Å². The number of rotatable bonds is 3. The lowest BCUT2D eigenvalue weighted by molar-refractivity contribution is -0.176. The second-order valence-electron chi connectivity index (χ2n) is 2.12. The fourth-order valence-electron chi connectivity index (χ4n) is 0.406. The highest BCUT2D eigenvalue weighted by atomic mass is 19.4. The Morgan fingerprint density at radius 1 is 1.08 bits per heavy atom. The van der Waals surface area contributed by atoms with E-state index >= 15 is 0 Å². The molecule has 0 radical (unpaired) electrons. The monoisotopic (exact) mass is 192 g/mol. The topological polar surface area (TPSA) is 37.3 Å². The smallest absolute Gasteiger partial charge is 0.389 e. The van der Waals surface area contributed by atoms with Crippen LogP contribution in [0.1, 0.15) is 12.8 Å². The molecule has 0 atom stereocenters. The van der Waals surface area contributed by atoms with Gasteiger partial charge in [-0.2, -0.15) is 22.0 Å². The standard InChI is InChI=1S/C5H5F5O2/c6-4(7,3(11)12)1-2-5(8,9)10/h1-2H2,(H,11,12). The van der Waals surface area contributed by atoms with Gasteiger partial charge in [-0.3, -0.25) is 0 Å². The number of hydrogen-bond acceptors (Lipinski definition) is 1. The minimum absolute atomic E-state index is 1.72. The number of carbonyl (C=O) groups is 1. The minimum Gasteiger partial charge on any atom is -0.477 e. The molecule has 0 aromatic rings. The van der Waals surface area contributed by atoms with Crippen molar-refractivity contribution in [3.8, 4) is 0 Å². The number of hydrogen-bond donors (Lipinski definition) is 1. The zero-order valence-corrected chi connectivity index (χ0v) is 5.66. The summed E-state index contributed by atoms with van der Waals surface area (Å²) in [4.78, 5) is 9.62. The molecule has 0 unspecified atom stereocenters. The molecule has 0 rings (SSSR count). The molecule has 1 N–H and O–H groups in total. The SMILES string of the molecule is O=C(O)C(F)(F)CCC(F)(F)F. The van der Waals surface area contributed by atoms with Crippen LogP contribution in [-0.2, 0) is 4.79 Å². The van der Waals surface area contributed by atoms with Gasteiger partial charge in [-0.25, -0.2) is 4.79 Å². The van der Waals surface area contributed by atoms with Gasteiger partial charge in [0.25, 0.3) is 0 Å². The fourth-order valence-corrected chi connectivity index (χ4v) is 0.406. The van der Waals surface area contributed by atoms with Gasteiger partial charge >= 0.3 is 18.1 Å². The van der Waals surface area contributed by atoms with E-state index in [-0.39, 0.29) is 0 Å². The van der Waals surface area contributed by atoms with Crippen LogP contribution in [0.5, 0.6) is 0 Å². The summed E-state index contributed by atoms with van der Waals surface area (Å²) in [5, 5.41) is 7.72. The molecule has 0 fully saturated rings. The summed E-state index contributed by atoms with van der Waals surface area (Å²) >= 11 is 0. The molecule has 0 spiro atoms. The van der Waals surface area contributed by atoms with Gasteiger partial charge in [0.05, 0.1) is 0 Å². The van der Waals surface area contributed by atoms with Crippen molar-refractivity contribution < 1.29 is 31.9 Å². The van der Waals surface area contributed by atoms with Gasteiger partial charge in [-0.15, -0.1) is 0 Å². The van der Waals surface area contributed by atoms with Crippen LogP contribution in [0.3, 0.4) is 0 Å². The zero-order valence-electron chi connectivity index (χ0n) is 5.66. The molecule has 0 aromatic heterocycles. The Bertz CT molecular complexity index is 173. The summed E-state index contributed by atoms with van der Waals surface area (Å²) in [7, 11) is 0. The summed E-state index contributed by atoms with van der Waals surface area (Å²) < 4.78 is 57.9. The third-order valence-electron chi connectivity index (χ3n) is 1.04. The molecule has 0 saturated heterocycles. The van der Waals surface area contributed by atoms with Gasteiger partial charge < -0.3 is 5.11 Å². The second-order valence-corrected chi connectivity index (χ2v) is 2.12. The van der Waals surface area contributed by atoms with Gasteiger partial charge in [-0.1, -0.05) is 0 Å². The highest BCUT2D eigenvalue weighted by Crippen LogP contribution is 2.28. The van der Waals surface area contributed by atoms with Gasteiger partial charge in [-0.05, 0) is 0 Å². The van der Waals surface area contributed by atoms with Crippen molar-refractivity contribution in [3.63, 3.8) is 0 Å². The Morgan fingerprint density at radius 2 is 1.50 bits per heavy atom. The molecular weight excluding hydrogens is 187 g/mol. The molecule has 0 heterocycles. The third-order valence-corrected chi connectivity index (χ3v) is 1.04. The first-order valence-electron chi connectivity index (χ1n) is 2.83. The van der Waals surface area contributed by atoms with Crippen molar-refractivity contribution >= 4 is 5.97 Å². The Hall–Kier alpha value is -0.880. The Kier molecular flexibility index (Phi) is 3.00. The van der Waals surface area contributed by atoms with Crippen molar-refractivity contribution in [1.82, 2.24) is 0 Å². The first-order valence-corrected chi connectivity index (χ1v) is 2.83. The van der Waals surface area contributed by atoms with Gasteiger partial charge in [0.15, 0.2) is 0 Å². The van der Waals surface area contributed by atoms with Crippen LogP contribution in [0, 0.1) is 0 Å². The van der Waals surface area contributed by atoms with E-state index in [1.54, 1.807) is 0 Å². The predicted octanol–water partition coefficient (Wildman–Crippen LogP) is 2.05. The molecule has 0 aliphatic carbocycles. The maximum Gasteiger partial charge on any atom is 0.389 e. The van der Waals surface area contributed by atoms with E-state index in [0.29, 0.717) is 0 Å². The van der Waals surface area contributed by atoms with E-state index in [0.717, 1.165) is 0 Å². The van der Waals surface area contributed by atoms with Gasteiger partial charge in [0, 0.05) is 12.8 Å². The third kappa shape index (κ3) is 4.09. The van der Waals surface area contributed by atoms with Crippen molar-refractivity contribution in [2.24, 2.45) is 0 Å². The van der Waals surface area contributed by atoms with Crippen molar-refractivity contribution in [2.45, 2.75) is 24.9 Å². The molecule has 0 aliphatic rings. The summed E-state index contributed by atoms with van der Waals surface area (Å²) in [6.45, 7) is 0. The maximum atomic E-state index is 12.0. The molecule has 72 valence electrons. The van der Waals surface area contributed by atoms with E-state index in [1.807, 2.05) is 0 Å². The minimum atomic E-state index is -4.75. The van der Waals surface area contributed by atoms with Crippen LogP contribution >= 0.6 is 0 Å². The van der Waals surface area contributed by atoms with Crippen molar-refractivity contribution in [2.75, 3.05) is 0 Å². The molecular formula is C5H5F5O2. The molecule has 12 heavy (non-hydrogen) atoms. The largest absolute Gasteiger partial charge is 0.477 e. The second kappa shape index (κ2) is 3.24. The molecule has 0 aliphatic heterocycles. The lowest BCUT2D eigenvalue weighted by Gasteiger charge is -2.11. The lowest BCUT2D eigenvalue weighted by atomic mass is 10.2. The fraction of sp³-hybridized carbons (Fsp3) is 0.800. The van der Waals surface area contributed by atoms with Crippen molar-refractivity contribution in [1.29, 1.82) is 0 Å². The Balaban J connectivity index is 4.01. The first-order chi connectivity index (χ1) is 5.15. The van der Waals surface area contributed by atoms with E-state index in [4.69, 9.17) is 5.11 Å². The zero-order chi connectivity index (χ0) is 9.99. The summed E-state index contributed by atoms with van der Waals surface area (Å²) in [5.41, 5.74) is 0. The normalized spacial score (nSPS) is 13.1. The Labute approximate surface area is 64.0 Å². The molecule has 0 bridgehead atoms. The van der Waals surface area contributed by atoms with Crippen LogP contribution in [0.15, 0.2) is 0 Å². The van der Waals surface area contributed by atoms with Crippen LogP contribution in [0.2, 0.25) is 0 Å². The molecule has 2 nitrogen and oxygen atoms in total. The van der Waals surface area contributed by atoms with E-state index in [9.17, 15) is 26.7 Å². The number of alkyl halides is 5. The first kappa shape index (κ1) is 11.1. The Morgan fingerprint density at radius 3 is 1.75 bits per heavy atom. The number of halogens is 5. The van der Waals surface area contributed by atoms with E-state index in [2.05, 4.69) is 0 Å². The van der Waals surface area contributed by atoms with E-state index in [1.165, 1.54) is 0 Å². The number of aliphatic carboxylic acids is 1. The van der Waals surface area contributed by atoms with Gasteiger partial charge in [0.1, 0.15) is 0 Å². The predicted molar refractivity (Wildman–Crippen MR) is 27.9 cm³/mol. The molecule has 7 heteroatoms. The van der Waals surface area contributed by atoms with Crippen LogP contribution in [0.25, 0.3) is 0 Å². The van der Waals surface area contributed by atoms with Crippen LogP contribution in [-0.4, -0.2) is 23.2 Å². The molecule has 0 aromatic carbocycles. The van der Waals surface area contributed by atoms with Crippen molar-refractivity contribution in [3.05, 3.63) is 0 Å². The average Bonchev–Trinajstić information content (AvgIpc) is 1.82. The van der Waals surface area contributed by atoms with Gasteiger partial charge in [0.2, 0.25) is 0 Å². The van der Waals surface area contributed by atoms with Crippen LogP contribution < -0.4 is 0 Å². The highest BCUT2D eigenvalue weighted by molar-refractivity contribution is 5.75. The summed E-state index contributed by atoms with van der Waals surface area (Å²) in [6.07, 6.45) is -8.27. The summed E-state index contributed by atoms with van der Waals surface area (Å²) in [6, 6.07) is 0. The average molecular weight is 192 g/mol. The quantitative estimate of drug-likeness (QED) is 0.694. The molecule has 0 saturated carbocycles. The highest BCUT2D eigenvalue weighted by Gasteiger charge is 2.42. The molecule has 0 amide bonds. The summed E-state index contributed by atoms with van der Waals surface area (Å²) in [5.74, 6) is -6.83. The number of carboxylic acid groups (broad SMARTS) is 1. The maximum absolute atomic E-state index is 12.0. The lowest BCUT2D eigenvalue weighted by Crippen LogP contribution is -2.29. The number of carboxylic acids is 1.